The zero-order valence-electron chi connectivity index (χ0n) is 28.5. The second kappa shape index (κ2) is 15.4. The number of aromatic amines is 1. The van der Waals surface area contributed by atoms with Gasteiger partial charge in [-0.2, -0.15) is 0 Å². The molecule has 0 bridgehead atoms. The van der Waals surface area contributed by atoms with E-state index in [9.17, 15) is 29.1 Å². The number of carboxylic acid groups (broad SMARTS) is 1. The number of H-pyrrole nitrogens is 1. The van der Waals surface area contributed by atoms with Gasteiger partial charge in [-0.25, -0.2) is 19.2 Å². The summed E-state index contributed by atoms with van der Waals surface area (Å²) in [6, 6.07) is 18.4. The van der Waals surface area contributed by atoms with Crippen LogP contribution in [0.25, 0.3) is 10.9 Å². The topological polar surface area (TPSA) is 198 Å². The lowest BCUT2D eigenvalue weighted by Crippen LogP contribution is -2.42. The van der Waals surface area contributed by atoms with Crippen LogP contribution in [0.3, 0.4) is 0 Å². The fraction of sp³-hybridized carbons (Fsp3) is 0.278. The number of carbonyl (C=O) groups excluding carboxylic acids is 4. The fourth-order valence-corrected chi connectivity index (χ4v) is 4.50. The molecule has 1 heterocycles. The van der Waals surface area contributed by atoms with Gasteiger partial charge in [0, 0.05) is 35.3 Å². The Morgan fingerprint density at radius 2 is 1.52 bits per heavy atom. The van der Waals surface area contributed by atoms with Crippen molar-refractivity contribution >= 4 is 52.6 Å². The van der Waals surface area contributed by atoms with Gasteiger partial charge in [-0.15, -0.1) is 4.99 Å². The molecule has 14 heteroatoms. The number of esters is 1. The van der Waals surface area contributed by atoms with Crippen molar-refractivity contribution in [2.24, 2.45) is 4.99 Å². The standard InChI is InChI=1S/C36H39N5O9/c1-35(2,3)49-33(46)40-32(41-34(47)50-36(4,5)6)38-23-14-12-22(13-15-23)31(45)48-24-16-17-25-26(20-37-27(25)19-24)29(42)39-28(30(43)44)18-21-10-8-7-9-11-21/h7-17,19-20,28,37H,18H2,1-6H3,(H,39,42)(H,43,44)(H2,38,40,41,46,47)/t28-/m0/s1. The average Bonchev–Trinajstić information content (AvgIpc) is 3.43. The van der Waals surface area contributed by atoms with Crippen LogP contribution in [-0.2, 0) is 20.7 Å². The summed E-state index contributed by atoms with van der Waals surface area (Å²) in [7, 11) is 0. The van der Waals surface area contributed by atoms with Gasteiger partial charge in [0.15, 0.2) is 0 Å². The Balaban J connectivity index is 1.42. The molecule has 0 saturated heterocycles. The number of hydrogen-bond donors (Lipinski definition) is 5. The minimum atomic E-state index is -1.16. The lowest BCUT2D eigenvalue weighted by Gasteiger charge is -2.21. The molecule has 1 aromatic heterocycles. The summed E-state index contributed by atoms with van der Waals surface area (Å²) in [5.74, 6) is -2.48. The fourth-order valence-electron chi connectivity index (χ4n) is 4.50. The van der Waals surface area contributed by atoms with Gasteiger partial charge in [-0.3, -0.25) is 10.1 Å². The van der Waals surface area contributed by atoms with Gasteiger partial charge >= 0.3 is 24.1 Å². The first-order valence-corrected chi connectivity index (χ1v) is 15.6. The van der Waals surface area contributed by atoms with Gasteiger partial charge in [0.25, 0.3) is 5.91 Å². The summed E-state index contributed by atoms with van der Waals surface area (Å²) >= 11 is 0. The molecule has 3 amide bonds. The van der Waals surface area contributed by atoms with Crippen molar-refractivity contribution in [2.45, 2.75) is 65.2 Å². The molecule has 3 aromatic carbocycles. The lowest BCUT2D eigenvalue weighted by atomic mass is 10.1. The van der Waals surface area contributed by atoms with Crippen LogP contribution < -0.4 is 20.7 Å². The highest BCUT2D eigenvalue weighted by Crippen LogP contribution is 2.25. The number of anilines is 1. The number of ether oxygens (including phenoxy) is 3. The predicted molar refractivity (Wildman–Crippen MR) is 185 cm³/mol. The van der Waals surface area contributed by atoms with Crippen LogP contribution in [0.2, 0.25) is 0 Å². The van der Waals surface area contributed by atoms with Crippen LogP contribution in [-0.4, -0.2) is 63.3 Å². The van der Waals surface area contributed by atoms with Crippen molar-refractivity contribution in [3.63, 3.8) is 0 Å². The second-order valence-corrected chi connectivity index (χ2v) is 13.1. The number of carbonyl (C=O) groups is 5. The number of benzene rings is 3. The van der Waals surface area contributed by atoms with E-state index in [4.69, 9.17) is 14.2 Å². The van der Waals surface area contributed by atoms with Gasteiger partial charge in [-0.05, 0) is 83.5 Å². The van der Waals surface area contributed by atoms with E-state index in [0.29, 0.717) is 16.6 Å². The molecule has 262 valence electrons. The summed E-state index contributed by atoms with van der Waals surface area (Å²) < 4.78 is 16.0. The molecule has 50 heavy (non-hydrogen) atoms. The Kier molecular flexibility index (Phi) is 11.3. The minimum Gasteiger partial charge on any atom is -0.480 e. The Hall–Kier alpha value is -6.18. The number of aliphatic carboxylic acids is 1. The molecule has 0 spiro atoms. The number of rotatable bonds is 8. The molecule has 0 aliphatic rings. The van der Waals surface area contributed by atoms with E-state index in [2.05, 4.69) is 25.9 Å². The van der Waals surface area contributed by atoms with Crippen LogP contribution in [0, 0.1) is 0 Å². The Bertz CT molecular complexity index is 1900. The van der Waals surface area contributed by atoms with Crippen molar-refractivity contribution in [1.29, 1.82) is 0 Å². The third-order valence-corrected chi connectivity index (χ3v) is 6.59. The zero-order chi connectivity index (χ0) is 36.6. The summed E-state index contributed by atoms with van der Waals surface area (Å²) in [5.41, 5.74) is 0.415. The smallest absolute Gasteiger partial charge is 0.437 e. The van der Waals surface area contributed by atoms with Gasteiger partial charge < -0.3 is 34.9 Å². The maximum absolute atomic E-state index is 13.0. The normalized spacial score (nSPS) is 12.4. The molecule has 0 aliphatic carbocycles. The number of nitrogens with one attached hydrogen (secondary N) is 4. The number of fused-ring (bicyclic) bond motifs is 1. The highest BCUT2D eigenvalue weighted by atomic mass is 16.6. The molecule has 0 aliphatic heterocycles. The minimum absolute atomic E-state index is 0.116. The monoisotopic (exact) mass is 685 g/mol. The summed E-state index contributed by atoms with van der Waals surface area (Å²) in [6.45, 7) is 10.1. The third kappa shape index (κ3) is 10.9. The van der Waals surface area contributed by atoms with Gasteiger partial charge in [0.1, 0.15) is 23.0 Å². The molecule has 4 rings (SSSR count). The first-order valence-electron chi connectivity index (χ1n) is 15.6. The molecule has 5 N–H and O–H groups in total. The summed E-state index contributed by atoms with van der Waals surface area (Å²) in [6.07, 6.45) is -0.232. The molecule has 0 saturated carbocycles. The molecule has 0 radical (unpaired) electrons. The van der Waals surface area contributed by atoms with Crippen LogP contribution in [0.15, 0.2) is 84.0 Å². The van der Waals surface area contributed by atoms with Crippen molar-refractivity contribution < 1.29 is 43.3 Å². The second-order valence-electron chi connectivity index (χ2n) is 13.1. The van der Waals surface area contributed by atoms with Gasteiger partial charge in [0.2, 0.25) is 5.96 Å². The van der Waals surface area contributed by atoms with Gasteiger partial charge in [0.05, 0.1) is 11.1 Å². The van der Waals surface area contributed by atoms with Crippen LogP contribution >= 0.6 is 0 Å². The van der Waals surface area contributed by atoms with Crippen LogP contribution in [0.4, 0.5) is 15.3 Å². The van der Waals surface area contributed by atoms with E-state index >= 15 is 0 Å². The quantitative estimate of drug-likeness (QED) is 0.0631. The molecular weight excluding hydrogens is 646 g/mol. The van der Waals surface area contributed by atoms with Crippen LogP contribution in [0.1, 0.15) is 67.8 Å². The number of alkyl carbamates (subject to hydrolysis) is 1. The molecule has 1 atom stereocenters. The highest BCUT2D eigenvalue weighted by molar-refractivity contribution is 6.08. The average molecular weight is 686 g/mol. The number of nitrogens with zero attached hydrogens (tertiary/aromatic N) is 1. The predicted octanol–water partition coefficient (Wildman–Crippen LogP) is 6.04. The Labute approximate surface area is 288 Å². The lowest BCUT2D eigenvalue weighted by molar-refractivity contribution is -0.139. The molecule has 4 aromatic rings. The van der Waals surface area contributed by atoms with E-state index in [1.807, 2.05) is 6.07 Å². The van der Waals surface area contributed by atoms with E-state index in [1.54, 1.807) is 77.9 Å². The number of carboxylic acids is 1. The Morgan fingerprint density at radius 1 is 0.860 bits per heavy atom. The largest absolute Gasteiger partial charge is 0.480 e. The van der Waals surface area contributed by atoms with E-state index < -0.39 is 47.3 Å². The van der Waals surface area contributed by atoms with Crippen molar-refractivity contribution in [2.75, 3.05) is 5.32 Å². The maximum atomic E-state index is 13.0. The molecule has 0 fully saturated rings. The summed E-state index contributed by atoms with van der Waals surface area (Å²) in [5, 5.41) is 17.9. The zero-order valence-corrected chi connectivity index (χ0v) is 28.5. The van der Waals surface area contributed by atoms with E-state index in [-0.39, 0.29) is 29.3 Å². The van der Waals surface area contributed by atoms with Crippen molar-refractivity contribution in [3.05, 3.63) is 95.7 Å². The van der Waals surface area contributed by atoms with Crippen LogP contribution in [0.5, 0.6) is 5.75 Å². The number of guanidine groups is 1. The number of hydrogen-bond acceptors (Lipinski definition) is 8. The number of amides is 3. The highest BCUT2D eigenvalue weighted by Gasteiger charge is 2.24. The van der Waals surface area contributed by atoms with Gasteiger partial charge in [-0.1, -0.05) is 30.3 Å². The van der Waals surface area contributed by atoms with E-state index in [1.165, 1.54) is 36.5 Å². The molecule has 14 nitrogen and oxygen atoms in total. The number of aromatic nitrogens is 1. The SMILES string of the molecule is CC(C)(C)OC(=O)/N=C(\NC(=O)OC(C)(C)C)Nc1ccc(C(=O)Oc2ccc3c(C(=O)N[C@@H](Cc4ccccc4)C(=O)O)c[nH]c3c2)cc1. The maximum Gasteiger partial charge on any atom is 0.437 e. The summed E-state index contributed by atoms with van der Waals surface area (Å²) in [4.78, 5) is 69.3. The first kappa shape index (κ1) is 36.7. The molecular formula is C36H39N5O9. The third-order valence-electron chi connectivity index (χ3n) is 6.59. The Morgan fingerprint density at radius 3 is 2.14 bits per heavy atom. The number of aliphatic imine (C=N–C) groups is 1. The first-order chi connectivity index (χ1) is 23.5. The van der Waals surface area contributed by atoms with Crippen molar-refractivity contribution in [3.8, 4) is 5.75 Å². The van der Waals surface area contributed by atoms with Crippen molar-refractivity contribution in [1.82, 2.24) is 15.6 Å². The molecule has 0 unspecified atom stereocenters. The van der Waals surface area contributed by atoms with E-state index in [0.717, 1.165) is 5.56 Å².